The smallest absolute Gasteiger partial charge is 0.0969 e. The largest absolute Gasteiger partial charge is 0.375 e. The van der Waals surface area contributed by atoms with Crippen molar-refractivity contribution in [2.45, 2.75) is 69.9 Å². The number of rotatable bonds is 0. The van der Waals surface area contributed by atoms with Crippen molar-refractivity contribution in [1.82, 2.24) is 26.6 Å². The Hall–Kier alpha value is -0.280. The minimum atomic E-state index is 0.224. The third-order valence-electron chi connectivity index (χ3n) is 6.39. The van der Waals surface area contributed by atoms with Crippen molar-refractivity contribution in [3.63, 3.8) is 0 Å². The lowest BCUT2D eigenvalue weighted by atomic mass is 9.76. The summed E-state index contributed by atoms with van der Waals surface area (Å²) in [6.07, 6.45) is 5.57. The van der Waals surface area contributed by atoms with Crippen molar-refractivity contribution in [1.29, 1.82) is 0 Å². The number of nitrogens with one attached hydrogen (secondary N) is 4. The molecule has 7 unspecified atom stereocenters. The Balaban J connectivity index is 1.44. The number of nitrogens with zero attached hydrogens (tertiary/aromatic N) is 1. The second-order valence-electron chi connectivity index (χ2n) is 8.40. The number of ether oxygens (including phenoxy) is 2. The fourth-order valence-electron chi connectivity index (χ4n) is 5.02. The van der Waals surface area contributed by atoms with Crippen molar-refractivity contribution in [2.24, 2.45) is 11.8 Å². The molecule has 7 nitrogen and oxygen atoms in total. The van der Waals surface area contributed by atoms with E-state index in [2.05, 4.69) is 40.5 Å². The molecule has 25 heavy (non-hydrogen) atoms. The molecule has 0 aromatic carbocycles. The van der Waals surface area contributed by atoms with E-state index >= 15 is 0 Å². The molecule has 4 fully saturated rings. The fraction of sp³-hybridized carbons (Fsp3) is 1.00. The molecule has 4 bridgehead atoms. The first-order valence-electron chi connectivity index (χ1n) is 10.2. The van der Waals surface area contributed by atoms with E-state index < -0.39 is 0 Å². The molecule has 7 heteroatoms. The summed E-state index contributed by atoms with van der Waals surface area (Å²) in [5.74, 6) is 1.31. The van der Waals surface area contributed by atoms with Gasteiger partial charge in [-0.3, -0.25) is 21.6 Å². The monoisotopic (exact) mass is 353 g/mol. The first kappa shape index (κ1) is 18.1. The lowest BCUT2D eigenvalue weighted by molar-refractivity contribution is -0.0415. The average molecular weight is 354 g/mol. The summed E-state index contributed by atoms with van der Waals surface area (Å²) in [6, 6.07) is 1.15. The SMILES string of the molecule is CC1CN2CC(CN2)C2NNC3CCC(CC32)O[C@H](C)CCNCO1. The summed E-state index contributed by atoms with van der Waals surface area (Å²) >= 11 is 0. The second kappa shape index (κ2) is 8.17. The molecule has 4 N–H and O–H groups in total. The Morgan fingerprint density at radius 1 is 1.00 bits per heavy atom. The molecule has 4 rings (SSSR count). The molecule has 3 saturated heterocycles. The van der Waals surface area contributed by atoms with Crippen LogP contribution in [0.1, 0.15) is 39.5 Å². The third-order valence-corrected chi connectivity index (χ3v) is 6.39. The molecule has 144 valence electrons. The molecule has 0 amide bonds. The highest BCUT2D eigenvalue weighted by Crippen LogP contribution is 2.36. The van der Waals surface area contributed by atoms with E-state index in [1.807, 2.05) is 0 Å². The highest BCUT2D eigenvalue weighted by atomic mass is 16.5. The molecule has 0 aromatic rings. The standard InChI is InChI=1S/C18H35N5O2/c1-12-5-6-19-11-24-13(2)9-23-10-14(8-20-23)18-16-7-15(25-12)3-4-17(16)21-22-18/h12-22H,3-11H2,1-2H3/t12-,13?,14?,15?,16?,17?,18?/m1/s1. The minimum absolute atomic E-state index is 0.224. The van der Waals surface area contributed by atoms with Crippen LogP contribution in [0.2, 0.25) is 0 Å². The quantitative estimate of drug-likeness (QED) is 0.496. The lowest BCUT2D eigenvalue weighted by Gasteiger charge is -2.36. The summed E-state index contributed by atoms with van der Waals surface area (Å²) < 4.78 is 12.3. The van der Waals surface area contributed by atoms with Gasteiger partial charge in [-0.25, -0.2) is 5.01 Å². The van der Waals surface area contributed by atoms with Crippen molar-refractivity contribution in [3.8, 4) is 0 Å². The zero-order valence-corrected chi connectivity index (χ0v) is 15.7. The summed E-state index contributed by atoms with van der Waals surface area (Å²) in [6.45, 7) is 9.01. The van der Waals surface area contributed by atoms with Gasteiger partial charge in [0.2, 0.25) is 0 Å². The predicted octanol–water partition coefficient (Wildman–Crippen LogP) is 0.198. The van der Waals surface area contributed by atoms with Gasteiger partial charge in [-0.15, -0.1) is 0 Å². The normalized spacial score (nSPS) is 49.2. The Labute approximate surface area is 151 Å². The van der Waals surface area contributed by atoms with Crippen molar-refractivity contribution < 1.29 is 9.47 Å². The maximum Gasteiger partial charge on any atom is 0.0969 e. The molecule has 3 heterocycles. The van der Waals surface area contributed by atoms with Gasteiger partial charge in [-0.2, -0.15) is 0 Å². The zero-order chi connectivity index (χ0) is 17.2. The molecule has 8 atom stereocenters. The van der Waals surface area contributed by atoms with Crippen LogP contribution >= 0.6 is 0 Å². The van der Waals surface area contributed by atoms with E-state index in [1.54, 1.807) is 0 Å². The molecule has 0 aromatic heterocycles. The highest BCUT2D eigenvalue weighted by Gasteiger charge is 2.45. The number of hydrogen-bond acceptors (Lipinski definition) is 7. The minimum Gasteiger partial charge on any atom is -0.375 e. The molecule has 3 aliphatic heterocycles. The Morgan fingerprint density at radius 3 is 2.84 bits per heavy atom. The van der Waals surface area contributed by atoms with Crippen LogP contribution < -0.4 is 21.6 Å². The van der Waals surface area contributed by atoms with Crippen molar-refractivity contribution >= 4 is 0 Å². The van der Waals surface area contributed by atoms with E-state index in [1.165, 1.54) is 19.3 Å². The topological polar surface area (TPSA) is 69.8 Å². The number of hydrogen-bond donors (Lipinski definition) is 4. The summed E-state index contributed by atoms with van der Waals surface area (Å²) in [7, 11) is 0. The van der Waals surface area contributed by atoms with Gasteiger partial charge in [0.15, 0.2) is 0 Å². The van der Waals surface area contributed by atoms with Gasteiger partial charge < -0.3 is 9.47 Å². The van der Waals surface area contributed by atoms with Crippen molar-refractivity contribution in [2.75, 3.05) is 32.9 Å². The van der Waals surface area contributed by atoms with Crippen molar-refractivity contribution in [3.05, 3.63) is 0 Å². The lowest BCUT2D eigenvalue weighted by Crippen LogP contribution is -2.43. The van der Waals surface area contributed by atoms with E-state index in [0.29, 0.717) is 42.9 Å². The third kappa shape index (κ3) is 4.35. The molecule has 0 radical (unpaired) electrons. The molecule has 1 saturated carbocycles. The van der Waals surface area contributed by atoms with E-state index in [0.717, 1.165) is 32.6 Å². The van der Waals surface area contributed by atoms with Gasteiger partial charge in [-0.1, -0.05) is 0 Å². The van der Waals surface area contributed by atoms with Crippen LogP contribution in [0.4, 0.5) is 0 Å². The maximum absolute atomic E-state index is 6.38. The molecule has 1 aliphatic carbocycles. The average Bonchev–Trinajstić information content (AvgIpc) is 3.20. The second-order valence-corrected chi connectivity index (χ2v) is 8.40. The van der Waals surface area contributed by atoms with E-state index in [9.17, 15) is 0 Å². The van der Waals surface area contributed by atoms with Crippen LogP contribution in [-0.4, -0.2) is 68.3 Å². The van der Waals surface area contributed by atoms with Gasteiger partial charge in [0, 0.05) is 37.6 Å². The van der Waals surface area contributed by atoms with Gasteiger partial charge in [0.25, 0.3) is 0 Å². The fourth-order valence-corrected chi connectivity index (χ4v) is 5.02. The first-order valence-corrected chi connectivity index (χ1v) is 10.2. The zero-order valence-electron chi connectivity index (χ0n) is 15.7. The predicted molar refractivity (Wildman–Crippen MR) is 96.6 cm³/mol. The van der Waals surface area contributed by atoms with Gasteiger partial charge >= 0.3 is 0 Å². The van der Waals surface area contributed by atoms with Gasteiger partial charge in [0.1, 0.15) is 0 Å². The summed E-state index contributed by atoms with van der Waals surface area (Å²) in [5, 5.41) is 5.73. The number of hydrazine groups is 2. The molecule has 0 spiro atoms. The van der Waals surface area contributed by atoms with Gasteiger partial charge in [-0.05, 0) is 52.0 Å². The van der Waals surface area contributed by atoms with E-state index in [4.69, 9.17) is 9.47 Å². The Bertz CT molecular complexity index is 440. The Kier molecular flexibility index (Phi) is 5.91. The molecular formula is C18H35N5O2. The van der Waals surface area contributed by atoms with Crippen LogP contribution in [0.3, 0.4) is 0 Å². The molecule has 4 aliphatic rings. The number of fused-ring (bicyclic) bond motifs is 4. The van der Waals surface area contributed by atoms with Crippen LogP contribution in [0.15, 0.2) is 0 Å². The van der Waals surface area contributed by atoms with Crippen LogP contribution in [0.5, 0.6) is 0 Å². The van der Waals surface area contributed by atoms with Gasteiger partial charge in [0.05, 0.1) is 25.0 Å². The molecular weight excluding hydrogens is 318 g/mol. The summed E-state index contributed by atoms with van der Waals surface area (Å²) in [4.78, 5) is 0. The van der Waals surface area contributed by atoms with E-state index in [-0.39, 0.29) is 6.10 Å². The Morgan fingerprint density at radius 2 is 1.92 bits per heavy atom. The van der Waals surface area contributed by atoms with Crippen LogP contribution in [-0.2, 0) is 9.47 Å². The highest BCUT2D eigenvalue weighted by molar-refractivity contribution is 5.00. The van der Waals surface area contributed by atoms with Crippen LogP contribution in [0.25, 0.3) is 0 Å². The summed E-state index contributed by atoms with van der Waals surface area (Å²) in [5.41, 5.74) is 10.8. The first-order chi connectivity index (χ1) is 12.2. The van der Waals surface area contributed by atoms with Crippen LogP contribution in [0, 0.1) is 11.8 Å². The maximum atomic E-state index is 6.38.